The average Bonchev–Trinajstić information content (AvgIpc) is 2.98. The maximum absolute atomic E-state index is 14.5. The van der Waals surface area contributed by atoms with Crippen molar-refractivity contribution in [1.82, 2.24) is 0 Å². The van der Waals surface area contributed by atoms with Crippen LogP contribution < -0.4 is 15.5 Å². The van der Waals surface area contributed by atoms with Crippen molar-refractivity contribution in [2.45, 2.75) is 6.10 Å². The second-order valence-electron chi connectivity index (χ2n) is 5.87. The lowest BCUT2D eigenvalue weighted by molar-refractivity contribution is -0.124. The summed E-state index contributed by atoms with van der Waals surface area (Å²) in [4.78, 5) is 25.9. The summed E-state index contributed by atoms with van der Waals surface area (Å²) in [6.45, 7) is 0.848. The van der Waals surface area contributed by atoms with Gasteiger partial charge in [0.25, 0.3) is 5.91 Å². The van der Waals surface area contributed by atoms with E-state index < -0.39 is 33.7 Å². The van der Waals surface area contributed by atoms with Crippen molar-refractivity contribution in [3.63, 3.8) is 0 Å². The summed E-state index contributed by atoms with van der Waals surface area (Å²) in [7, 11) is -0.634. The second-order valence-corrected chi connectivity index (χ2v) is 8.60. The number of anilines is 2. The lowest BCUT2D eigenvalue weighted by Crippen LogP contribution is -2.40. The standard InChI is InChI=1S/C15H19FN4O4S/c1-18-25(23)6-4-19(5-7-25)12-3-2-10(8-11(12)16)20-9-13(14(17)21)24-15(20)22/h2-3,8,13H,4-7,9H2,1H3,(H2,17,21)/t13-/m1/s1. The van der Waals surface area contributed by atoms with Gasteiger partial charge in [0, 0.05) is 41.4 Å². The van der Waals surface area contributed by atoms with Crippen molar-refractivity contribution in [2.24, 2.45) is 10.1 Å². The molecule has 136 valence electrons. The Bertz CT molecular complexity index is 823. The summed E-state index contributed by atoms with van der Waals surface area (Å²) >= 11 is 0. The zero-order chi connectivity index (χ0) is 18.2. The van der Waals surface area contributed by atoms with Gasteiger partial charge in [-0.2, -0.15) is 0 Å². The highest BCUT2D eigenvalue weighted by molar-refractivity contribution is 7.93. The van der Waals surface area contributed by atoms with Crippen LogP contribution in [0.15, 0.2) is 22.6 Å². The van der Waals surface area contributed by atoms with Crippen LogP contribution in [0.25, 0.3) is 0 Å². The predicted molar refractivity (Wildman–Crippen MR) is 91.7 cm³/mol. The van der Waals surface area contributed by atoms with Gasteiger partial charge in [-0.1, -0.05) is 0 Å². The number of carbonyl (C=O) groups is 2. The molecule has 0 aromatic heterocycles. The average molecular weight is 370 g/mol. The molecular weight excluding hydrogens is 351 g/mol. The first-order valence-corrected chi connectivity index (χ1v) is 9.61. The Kier molecular flexibility index (Phi) is 4.55. The SMILES string of the molecule is CN=S1(=O)CCN(c2ccc(N3C[C@H](C(N)=O)OC3=O)cc2F)CC1. The van der Waals surface area contributed by atoms with E-state index in [4.69, 9.17) is 10.5 Å². The molecule has 2 saturated heterocycles. The van der Waals surface area contributed by atoms with E-state index in [1.807, 2.05) is 4.90 Å². The van der Waals surface area contributed by atoms with Gasteiger partial charge < -0.3 is 15.4 Å². The fourth-order valence-electron chi connectivity index (χ4n) is 2.88. The number of ether oxygens (including phenoxy) is 1. The third-order valence-electron chi connectivity index (χ3n) is 4.41. The molecule has 2 heterocycles. The molecule has 0 unspecified atom stereocenters. The van der Waals surface area contributed by atoms with Crippen molar-refractivity contribution in [3.8, 4) is 0 Å². The number of hydrogen-bond donors (Lipinski definition) is 1. The number of cyclic esters (lactones) is 1. The fraction of sp³-hybridized carbons (Fsp3) is 0.467. The van der Waals surface area contributed by atoms with Crippen LogP contribution in [-0.2, 0) is 19.3 Å². The van der Waals surface area contributed by atoms with Crippen molar-refractivity contribution in [3.05, 3.63) is 24.0 Å². The van der Waals surface area contributed by atoms with Gasteiger partial charge in [-0.15, -0.1) is 0 Å². The van der Waals surface area contributed by atoms with E-state index in [9.17, 15) is 18.2 Å². The lowest BCUT2D eigenvalue weighted by atomic mass is 10.2. The summed E-state index contributed by atoms with van der Waals surface area (Å²) in [5, 5.41) is 0. The van der Waals surface area contributed by atoms with Crippen LogP contribution in [0, 0.1) is 5.82 Å². The van der Waals surface area contributed by atoms with Crippen molar-refractivity contribution >= 4 is 33.1 Å². The molecule has 10 heteroatoms. The predicted octanol–water partition coefficient (Wildman–Crippen LogP) is 0.554. The molecular formula is C15H19FN4O4S. The lowest BCUT2D eigenvalue weighted by Gasteiger charge is -2.31. The molecule has 3 rings (SSSR count). The molecule has 2 aliphatic rings. The molecule has 2 aliphatic heterocycles. The minimum Gasteiger partial charge on any atom is -0.434 e. The van der Waals surface area contributed by atoms with E-state index in [2.05, 4.69) is 4.36 Å². The maximum atomic E-state index is 14.5. The van der Waals surface area contributed by atoms with E-state index in [-0.39, 0.29) is 6.54 Å². The Morgan fingerprint density at radius 3 is 2.60 bits per heavy atom. The Morgan fingerprint density at radius 2 is 2.08 bits per heavy atom. The number of carbonyl (C=O) groups excluding carboxylic acids is 2. The zero-order valence-electron chi connectivity index (χ0n) is 13.7. The number of nitrogens with zero attached hydrogens (tertiary/aromatic N) is 3. The minimum absolute atomic E-state index is 0.0449. The van der Waals surface area contributed by atoms with Gasteiger partial charge in [-0.3, -0.25) is 9.69 Å². The molecule has 2 amide bonds. The van der Waals surface area contributed by atoms with E-state index in [1.165, 1.54) is 11.0 Å². The molecule has 0 spiro atoms. The van der Waals surface area contributed by atoms with E-state index in [0.717, 1.165) is 0 Å². The number of hydrogen-bond acceptors (Lipinski definition) is 6. The minimum atomic E-state index is -2.18. The molecule has 8 nitrogen and oxygen atoms in total. The van der Waals surface area contributed by atoms with Gasteiger partial charge >= 0.3 is 6.09 Å². The van der Waals surface area contributed by atoms with Gasteiger partial charge in [0.2, 0.25) is 0 Å². The van der Waals surface area contributed by atoms with Crippen molar-refractivity contribution < 1.29 is 22.9 Å². The quantitative estimate of drug-likeness (QED) is 0.837. The molecule has 0 radical (unpaired) electrons. The van der Waals surface area contributed by atoms with Crippen molar-refractivity contribution in [2.75, 3.05) is 48.0 Å². The van der Waals surface area contributed by atoms with Gasteiger partial charge in [0.15, 0.2) is 6.10 Å². The molecule has 2 fully saturated rings. The van der Waals surface area contributed by atoms with Crippen LogP contribution >= 0.6 is 0 Å². The fourth-order valence-corrected chi connectivity index (χ4v) is 4.47. The van der Waals surface area contributed by atoms with Gasteiger partial charge in [-0.05, 0) is 18.2 Å². The Morgan fingerprint density at radius 1 is 1.40 bits per heavy atom. The number of halogens is 1. The molecule has 1 aromatic rings. The Labute approximate surface area is 144 Å². The van der Waals surface area contributed by atoms with E-state index >= 15 is 0 Å². The summed E-state index contributed by atoms with van der Waals surface area (Å²) in [5.74, 6) is -0.465. The van der Waals surface area contributed by atoms with Gasteiger partial charge in [-0.25, -0.2) is 17.8 Å². The first-order valence-electron chi connectivity index (χ1n) is 7.75. The molecule has 1 atom stereocenters. The van der Waals surface area contributed by atoms with Crippen LogP contribution in [0.1, 0.15) is 0 Å². The van der Waals surface area contributed by atoms with Crippen LogP contribution in [0.3, 0.4) is 0 Å². The first-order chi connectivity index (χ1) is 11.8. The van der Waals surface area contributed by atoms with Crippen LogP contribution in [0.5, 0.6) is 0 Å². The maximum Gasteiger partial charge on any atom is 0.415 e. The number of primary amides is 1. The summed E-state index contributed by atoms with van der Waals surface area (Å²) in [5.41, 5.74) is 5.80. The van der Waals surface area contributed by atoms with E-state index in [0.29, 0.717) is 36.0 Å². The zero-order valence-corrected chi connectivity index (χ0v) is 14.5. The molecule has 25 heavy (non-hydrogen) atoms. The number of amides is 2. The first kappa shape index (κ1) is 17.5. The van der Waals surface area contributed by atoms with Gasteiger partial charge in [0.05, 0.1) is 17.9 Å². The third kappa shape index (κ3) is 3.39. The van der Waals surface area contributed by atoms with E-state index in [1.54, 1.807) is 19.2 Å². The van der Waals surface area contributed by atoms with Crippen molar-refractivity contribution in [1.29, 1.82) is 0 Å². The summed E-state index contributed by atoms with van der Waals surface area (Å²) < 4.78 is 35.5. The monoisotopic (exact) mass is 370 g/mol. The largest absolute Gasteiger partial charge is 0.434 e. The Hall–Kier alpha value is -2.36. The highest BCUT2D eigenvalue weighted by Gasteiger charge is 2.36. The summed E-state index contributed by atoms with van der Waals surface area (Å²) in [6.07, 6.45) is -1.78. The normalized spacial score (nSPS) is 22.6. The molecule has 0 bridgehead atoms. The Balaban J connectivity index is 1.77. The van der Waals surface area contributed by atoms with Crippen LogP contribution in [0.4, 0.5) is 20.6 Å². The number of rotatable bonds is 3. The smallest absolute Gasteiger partial charge is 0.415 e. The topological polar surface area (TPSA) is 105 Å². The van der Waals surface area contributed by atoms with Crippen LogP contribution in [-0.4, -0.2) is 60.5 Å². The number of nitrogens with two attached hydrogens (primary N) is 1. The van der Waals surface area contributed by atoms with Gasteiger partial charge in [0.1, 0.15) is 5.82 Å². The molecule has 2 N–H and O–H groups in total. The molecule has 0 aliphatic carbocycles. The van der Waals surface area contributed by atoms with Crippen LogP contribution in [0.2, 0.25) is 0 Å². The number of benzene rings is 1. The third-order valence-corrected chi connectivity index (χ3v) is 6.71. The molecule has 1 aromatic carbocycles. The molecule has 0 saturated carbocycles. The highest BCUT2D eigenvalue weighted by atomic mass is 32.2. The highest BCUT2D eigenvalue weighted by Crippen LogP contribution is 2.28. The second kappa shape index (κ2) is 6.51. The summed E-state index contributed by atoms with van der Waals surface area (Å²) in [6, 6.07) is 4.36.